The molecule has 3 amide bonds. The summed E-state index contributed by atoms with van der Waals surface area (Å²) < 4.78 is 16.0. The van der Waals surface area contributed by atoms with Crippen LogP contribution in [0.15, 0.2) is 66.7 Å². The molecular weight excluding hydrogens is 410 g/mol. The van der Waals surface area contributed by atoms with E-state index in [2.05, 4.69) is 16.0 Å². The van der Waals surface area contributed by atoms with Gasteiger partial charge in [0.25, 0.3) is 5.91 Å². The Bertz CT molecular complexity index is 1040. The first-order valence-corrected chi connectivity index (χ1v) is 9.84. The number of carbonyl (C=O) groups is 2. The van der Waals surface area contributed by atoms with Crippen LogP contribution in [0.25, 0.3) is 0 Å². The van der Waals surface area contributed by atoms with Gasteiger partial charge < -0.3 is 30.2 Å². The number of methoxy groups -OCH3 is 3. The predicted octanol–water partition coefficient (Wildman–Crippen LogP) is 4.29. The topological polar surface area (TPSA) is 97.9 Å². The van der Waals surface area contributed by atoms with E-state index in [0.717, 1.165) is 5.56 Å². The van der Waals surface area contributed by atoms with Crippen molar-refractivity contribution in [3.8, 4) is 17.2 Å². The van der Waals surface area contributed by atoms with Gasteiger partial charge in [-0.3, -0.25) is 4.79 Å². The normalized spacial score (nSPS) is 10.1. The number of hydrogen-bond acceptors (Lipinski definition) is 5. The monoisotopic (exact) mass is 435 g/mol. The molecule has 0 unspecified atom stereocenters. The number of rotatable bonds is 8. The molecule has 0 fully saturated rings. The summed E-state index contributed by atoms with van der Waals surface area (Å²) in [5.74, 6) is 1.27. The molecule has 0 aliphatic rings. The van der Waals surface area contributed by atoms with E-state index in [-0.39, 0.29) is 18.5 Å². The van der Waals surface area contributed by atoms with Crippen LogP contribution < -0.4 is 30.2 Å². The molecule has 3 aromatic rings. The first kappa shape index (κ1) is 22.5. The highest BCUT2D eigenvalue weighted by Gasteiger charge is 2.14. The number of amides is 3. The van der Waals surface area contributed by atoms with E-state index < -0.39 is 0 Å². The Morgan fingerprint density at radius 3 is 1.84 bits per heavy atom. The number of anilines is 2. The minimum absolute atomic E-state index is 0.251. The number of hydrogen-bond donors (Lipinski definition) is 3. The maximum absolute atomic E-state index is 12.5. The van der Waals surface area contributed by atoms with Crippen LogP contribution in [0.1, 0.15) is 15.9 Å². The van der Waals surface area contributed by atoms with Crippen LogP contribution >= 0.6 is 0 Å². The lowest BCUT2D eigenvalue weighted by atomic mass is 10.1. The Kier molecular flexibility index (Phi) is 7.53. The van der Waals surface area contributed by atoms with Crippen LogP contribution in [-0.2, 0) is 6.54 Å². The Balaban J connectivity index is 1.58. The van der Waals surface area contributed by atoms with Crippen LogP contribution in [-0.4, -0.2) is 33.3 Å². The van der Waals surface area contributed by atoms with Gasteiger partial charge in [-0.05, 0) is 54.1 Å². The van der Waals surface area contributed by atoms with Gasteiger partial charge in [-0.25, -0.2) is 4.79 Å². The number of ether oxygens (including phenoxy) is 3. The van der Waals surface area contributed by atoms with Gasteiger partial charge in [-0.1, -0.05) is 18.2 Å². The second-order valence-corrected chi connectivity index (χ2v) is 6.74. The number of urea groups is 1. The van der Waals surface area contributed by atoms with Crippen molar-refractivity contribution < 1.29 is 23.8 Å². The van der Waals surface area contributed by atoms with Crippen molar-refractivity contribution in [3.63, 3.8) is 0 Å². The lowest BCUT2D eigenvalue weighted by molar-refractivity contribution is 0.0951. The molecule has 0 bridgehead atoms. The minimum atomic E-state index is -0.365. The van der Waals surface area contributed by atoms with E-state index in [4.69, 9.17) is 14.2 Å². The van der Waals surface area contributed by atoms with E-state index >= 15 is 0 Å². The van der Waals surface area contributed by atoms with Crippen LogP contribution in [0.4, 0.5) is 16.2 Å². The van der Waals surface area contributed by atoms with Crippen molar-refractivity contribution in [1.82, 2.24) is 5.32 Å². The highest BCUT2D eigenvalue weighted by atomic mass is 16.5. The summed E-state index contributed by atoms with van der Waals surface area (Å²) in [6.07, 6.45) is 0. The average Bonchev–Trinajstić information content (AvgIpc) is 2.82. The molecule has 3 rings (SSSR count). The molecule has 0 aliphatic heterocycles. The Morgan fingerprint density at radius 1 is 0.750 bits per heavy atom. The molecule has 0 heterocycles. The number of para-hydroxylation sites is 1. The highest BCUT2D eigenvalue weighted by Crippen LogP contribution is 2.38. The van der Waals surface area contributed by atoms with Crippen molar-refractivity contribution in [2.24, 2.45) is 0 Å². The number of benzene rings is 3. The molecule has 166 valence electrons. The lowest BCUT2D eigenvalue weighted by Gasteiger charge is -2.14. The van der Waals surface area contributed by atoms with Gasteiger partial charge in [0.1, 0.15) is 0 Å². The second-order valence-electron chi connectivity index (χ2n) is 6.74. The minimum Gasteiger partial charge on any atom is -0.493 e. The first-order valence-electron chi connectivity index (χ1n) is 9.84. The van der Waals surface area contributed by atoms with E-state index in [9.17, 15) is 9.59 Å². The molecule has 3 N–H and O–H groups in total. The van der Waals surface area contributed by atoms with Gasteiger partial charge in [0.2, 0.25) is 5.75 Å². The fraction of sp³-hybridized carbons (Fsp3) is 0.167. The molecule has 0 radical (unpaired) electrons. The number of carbonyl (C=O) groups excluding carboxylic acids is 2. The van der Waals surface area contributed by atoms with E-state index in [0.29, 0.717) is 34.2 Å². The highest BCUT2D eigenvalue weighted by molar-refractivity contribution is 6.00. The maximum atomic E-state index is 12.5. The molecule has 8 heteroatoms. The van der Waals surface area contributed by atoms with Crippen LogP contribution in [0, 0.1) is 0 Å². The Morgan fingerprint density at radius 2 is 1.31 bits per heavy atom. The summed E-state index contributed by atoms with van der Waals surface area (Å²) in [4.78, 5) is 24.6. The first-order chi connectivity index (χ1) is 15.5. The molecule has 32 heavy (non-hydrogen) atoms. The van der Waals surface area contributed by atoms with E-state index in [1.807, 2.05) is 18.2 Å². The van der Waals surface area contributed by atoms with Crippen molar-refractivity contribution in [1.29, 1.82) is 0 Å². The molecule has 0 aliphatic carbocycles. The molecule has 0 aromatic heterocycles. The third-order valence-corrected chi connectivity index (χ3v) is 4.61. The summed E-state index contributed by atoms with van der Waals surface area (Å²) in [5, 5.41) is 8.32. The summed E-state index contributed by atoms with van der Waals surface area (Å²) in [6.45, 7) is 0.273. The van der Waals surface area contributed by atoms with Gasteiger partial charge in [0.15, 0.2) is 11.5 Å². The summed E-state index contributed by atoms with van der Waals surface area (Å²) in [6, 6.07) is 18.9. The summed E-state index contributed by atoms with van der Waals surface area (Å²) >= 11 is 0. The Labute approximate surface area is 186 Å². The van der Waals surface area contributed by atoms with Gasteiger partial charge >= 0.3 is 6.03 Å². The molecular formula is C24H25N3O5. The summed E-state index contributed by atoms with van der Waals surface area (Å²) in [5.41, 5.74) is 2.52. The van der Waals surface area contributed by atoms with Crippen molar-refractivity contribution in [2.75, 3.05) is 32.0 Å². The van der Waals surface area contributed by atoms with Gasteiger partial charge in [-0.2, -0.15) is 0 Å². The van der Waals surface area contributed by atoms with Crippen LogP contribution in [0.5, 0.6) is 17.2 Å². The SMILES string of the molecule is COc1cc(CNC(=O)c2ccc(NC(=O)Nc3ccccc3)cc2)cc(OC)c1OC. The molecule has 0 saturated carbocycles. The largest absolute Gasteiger partial charge is 0.493 e. The molecule has 3 aromatic carbocycles. The summed E-state index contributed by atoms with van der Waals surface area (Å²) in [7, 11) is 4.61. The zero-order valence-corrected chi connectivity index (χ0v) is 18.1. The average molecular weight is 435 g/mol. The maximum Gasteiger partial charge on any atom is 0.323 e. The smallest absolute Gasteiger partial charge is 0.323 e. The van der Waals surface area contributed by atoms with E-state index in [1.54, 1.807) is 48.5 Å². The van der Waals surface area contributed by atoms with Crippen molar-refractivity contribution in [3.05, 3.63) is 77.9 Å². The Hall–Kier alpha value is -4.20. The van der Waals surface area contributed by atoms with Crippen LogP contribution in [0.2, 0.25) is 0 Å². The lowest BCUT2D eigenvalue weighted by Crippen LogP contribution is -2.23. The molecule has 8 nitrogen and oxygen atoms in total. The fourth-order valence-electron chi connectivity index (χ4n) is 3.04. The van der Waals surface area contributed by atoms with Gasteiger partial charge in [-0.15, -0.1) is 0 Å². The molecule has 0 saturated heterocycles. The number of nitrogens with one attached hydrogen (secondary N) is 3. The predicted molar refractivity (Wildman–Crippen MR) is 123 cm³/mol. The third-order valence-electron chi connectivity index (χ3n) is 4.61. The molecule has 0 atom stereocenters. The fourth-order valence-corrected chi connectivity index (χ4v) is 3.04. The zero-order valence-electron chi connectivity index (χ0n) is 18.1. The van der Waals surface area contributed by atoms with Crippen molar-refractivity contribution >= 4 is 23.3 Å². The van der Waals surface area contributed by atoms with Gasteiger partial charge in [0, 0.05) is 23.5 Å². The van der Waals surface area contributed by atoms with Crippen molar-refractivity contribution in [2.45, 2.75) is 6.54 Å². The molecule has 0 spiro atoms. The second kappa shape index (κ2) is 10.7. The quantitative estimate of drug-likeness (QED) is 0.490. The van der Waals surface area contributed by atoms with E-state index in [1.165, 1.54) is 21.3 Å². The van der Waals surface area contributed by atoms with Gasteiger partial charge in [0.05, 0.1) is 21.3 Å². The van der Waals surface area contributed by atoms with Crippen LogP contribution in [0.3, 0.4) is 0 Å². The standard InChI is InChI=1S/C24H25N3O5/c1-30-20-13-16(14-21(31-2)22(20)32-3)15-25-23(28)17-9-11-19(12-10-17)27-24(29)26-18-7-5-4-6-8-18/h4-14H,15H2,1-3H3,(H,25,28)(H2,26,27,29). The third kappa shape index (κ3) is 5.69. The zero-order chi connectivity index (χ0) is 22.9.